The molecule has 1 aromatic heterocycles. The summed E-state index contributed by atoms with van der Waals surface area (Å²) in [6.45, 7) is 7.12. The molecule has 0 aliphatic heterocycles. The molecule has 0 saturated heterocycles. The summed E-state index contributed by atoms with van der Waals surface area (Å²) in [6, 6.07) is 3.72. The number of hydrogen-bond donors (Lipinski definition) is 0. The van der Waals surface area contributed by atoms with Crippen molar-refractivity contribution < 1.29 is 9.21 Å². The number of rotatable bonds is 4. The predicted octanol–water partition coefficient (Wildman–Crippen LogP) is 2.28. The smallest absolute Gasteiger partial charge is 0.219 e. The minimum atomic E-state index is 0.0927. The molecule has 0 radical (unpaired) electrons. The maximum absolute atomic E-state index is 11.3. The Balaban J connectivity index is 2.56. The van der Waals surface area contributed by atoms with E-state index in [-0.39, 0.29) is 5.91 Å². The average Bonchev–Trinajstić information content (AvgIpc) is 2.54. The summed E-state index contributed by atoms with van der Waals surface area (Å²) in [5.74, 6) is 1.41. The van der Waals surface area contributed by atoms with E-state index in [9.17, 15) is 4.79 Å². The summed E-state index contributed by atoms with van der Waals surface area (Å²) in [5, 5.41) is 0. The Morgan fingerprint density at radius 3 is 2.71 bits per heavy atom. The van der Waals surface area contributed by atoms with Gasteiger partial charge in [-0.3, -0.25) is 4.79 Å². The second-order valence-electron chi connectivity index (χ2n) is 3.87. The molecule has 1 rings (SSSR count). The van der Waals surface area contributed by atoms with E-state index in [1.54, 1.807) is 18.1 Å². The van der Waals surface area contributed by atoms with Crippen molar-refractivity contribution in [3.05, 3.63) is 24.2 Å². The monoisotopic (exact) mass is 195 g/mol. The molecule has 0 fully saturated rings. The van der Waals surface area contributed by atoms with Crippen LogP contribution in [-0.4, -0.2) is 17.4 Å². The van der Waals surface area contributed by atoms with Gasteiger partial charge in [-0.25, -0.2) is 0 Å². The Labute approximate surface area is 84.7 Å². The molecule has 1 heterocycles. The SMILES string of the molecule is CC(=O)N(Cc1ccco1)CC(C)C. The number of carbonyl (C=O) groups is 1. The third-order valence-corrected chi connectivity index (χ3v) is 1.96. The highest BCUT2D eigenvalue weighted by molar-refractivity contribution is 5.73. The second-order valence-corrected chi connectivity index (χ2v) is 3.87. The Morgan fingerprint density at radius 1 is 1.57 bits per heavy atom. The van der Waals surface area contributed by atoms with Gasteiger partial charge in [0.15, 0.2) is 0 Å². The van der Waals surface area contributed by atoms with Gasteiger partial charge < -0.3 is 9.32 Å². The highest BCUT2D eigenvalue weighted by Crippen LogP contribution is 2.08. The lowest BCUT2D eigenvalue weighted by Gasteiger charge is -2.21. The molecule has 3 heteroatoms. The Morgan fingerprint density at radius 2 is 2.29 bits per heavy atom. The molecule has 14 heavy (non-hydrogen) atoms. The molecule has 0 saturated carbocycles. The van der Waals surface area contributed by atoms with E-state index in [4.69, 9.17) is 4.42 Å². The van der Waals surface area contributed by atoms with Gasteiger partial charge in [0.05, 0.1) is 12.8 Å². The van der Waals surface area contributed by atoms with Gasteiger partial charge in [-0.1, -0.05) is 13.8 Å². The van der Waals surface area contributed by atoms with Crippen LogP contribution in [0.4, 0.5) is 0 Å². The molecule has 3 nitrogen and oxygen atoms in total. The summed E-state index contributed by atoms with van der Waals surface area (Å²) in [4.78, 5) is 13.1. The zero-order valence-electron chi connectivity index (χ0n) is 8.99. The van der Waals surface area contributed by atoms with Gasteiger partial charge in [-0.05, 0) is 18.1 Å². The van der Waals surface area contributed by atoms with Crippen LogP contribution in [0.5, 0.6) is 0 Å². The zero-order valence-corrected chi connectivity index (χ0v) is 8.99. The molecule has 0 aliphatic rings. The third kappa shape index (κ3) is 3.24. The molecule has 1 aromatic rings. The van der Waals surface area contributed by atoms with Crippen molar-refractivity contribution >= 4 is 5.91 Å². The molecule has 0 spiro atoms. The van der Waals surface area contributed by atoms with E-state index in [1.165, 1.54) is 0 Å². The van der Waals surface area contributed by atoms with E-state index >= 15 is 0 Å². The van der Waals surface area contributed by atoms with Crippen LogP contribution in [0, 0.1) is 5.92 Å². The van der Waals surface area contributed by atoms with Gasteiger partial charge in [0.25, 0.3) is 0 Å². The van der Waals surface area contributed by atoms with Gasteiger partial charge in [0, 0.05) is 13.5 Å². The number of carbonyl (C=O) groups excluding carboxylic acids is 1. The fourth-order valence-corrected chi connectivity index (χ4v) is 1.34. The van der Waals surface area contributed by atoms with E-state index in [1.807, 2.05) is 12.1 Å². The van der Waals surface area contributed by atoms with Crippen LogP contribution in [-0.2, 0) is 11.3 Å². The Hall–Kier alpha value is -1.25. The molecular formula is C11H17NO2. The maximum atomic E-state index is 11.3. The van der Waals surface area contributed by atoms with Crippen molar-refractivity contribution in [1.29, 1.82) is 0 Å². The number of hydrogen-bond acceptors (Lipinski definition) is 2. The molecule has 0 bridgehead atoms. The van der Waals surface area contributed by atoms with Crippen LogP contribution in [0.15, 0.2) is 22.8 Å². The van der Waals surface area contributed by atoms with Crippen LogP contribution >= 0.6 is 0 Å². The summed E-state index contributed by atoms with van der Waals surface area (Å²) < 4.78 is 5.20. The highest BCUT2D eigenvalue weighted by atomic mass is 16.3. The first kappa shape index (κ1) is 10.8. The van der Waals surface area contributed by atoms with Crippen molar-refractivity contribution in [2.24, 2.45) is 5.92 Å². The van der Waals surface area contributed by atoms with Crippen molar-refractivity contribution in [2.45, 2.75) is 27.3 Å². The van der Waals surface area contributed by atoms with Crippen molar-refractivity contribution in [2.75, 3.05) is 6.54 Å². The topological polar surface area (TPSA) is 33.5 Å². The maximum Gasteiger partial charge on any atom is 0.219 e. The summed E-state index contributed by atoms with van der Waals surface area (Å²) in [6.07, 6.45) is 1.63. The lowest BCUT2D eigenvalue weighted by atomic mass is 10.2. The molecule has 78 valence electrons. The molecule has 0 atom stereocenters. The van der Waals surface area contributed by atoms with Gasteiger partial charge in [0.2, 0.25) is 5.91 Å². The fraction of sp³-hybridized carbons (Fsp3) is 0.545. The van der Waals surface area contributed by atoms with Crippen LogP contribution < -0.4 is 0 Å². The predicted molar refractivity (Wildman–Crippen MR) is 54.6 cm³/mol. The first-order valence-corrected chi connectivity index (χ1v) is 4.87. The quantitative estimate of drug-likeness (QED) is 0.738. The van der Waals surface area contributed by atoms with Gasteiger partial charge >= 0.3 is 0 Å². The minimum Gasteiger partial charge on any atom is -0.467 e. The molecule has 0 aromatic carbocycles. The molecule has 0 N–H and O–H groups in total. The zero-order chi connectivity index (χ0) is 10.6. The average molecular weight is 195 g/mol. The van der Waals surface area contributed by atoms with Gasteiger partial charge in [0.1, 0.15) is 5.76 Å². The number of amides is 1. The summed E-state index contributed by atoms with van der Waals surface area (Å²) in [7, 11) is 0. The molecule has 0 aliphatic carbocycles. The van der Waals surface area contributed by atoms with Crippen molar-refractivity contribution in [3.63, 3.8) is 0 Å². The number of furan rings is 1. The third-order valence-electron chi connectivity index (χ3n) is 1.96. The highest BCUT2D eigenvalue weighted by Gasteiger charge is 2.12. The Kier molecular flexibility index (Phi) is 3.74. The van der Waals surface area contributed by atoms with Crippen LogP contribution in [0.3, 0.4) is 0 Å². The summed E-state index contributed by atoms with van der Waals surface area (Å²) >= 11 is 0. The molecule has 1 amide bonds. The lowest BCUT2D eigenvalue weighted by molar-refractivity contribution is -0.130. The van der Waals surface area contributed by atoms with Crippen LogP contribution in [0.2, 0.25) is 0 Å². The van der Waals surface area contributed by atoms with Gasteiger partial charge in [-0.2, -0.15) is 0 Å². The van der Waals surface area contributed by atoms with E-state index in [2.05, 4.69) is 13.8 Å². The second kappa shape index (κ2) is 4.84. The van der Waals surface area contributed by atoms with Crippen LogP contribution in [0.25, 0.3) is 0 Å². The normalized spacial score (nSPS) is 10.6. The van der Waals surface area contributed by atoms with E-state index < -0.39 is 0 Å². The minimum absolute atomic E-state index is 0.0927. The molecular weight excluding hydrogens is 178 g/mol. The van der Waals surface area contributed by atoms with Crippen molar-refractivity contribution in [1.82, 2.24) is 4.90 Å². The first-order valence-electron chi connectivity index (χ1n) is 4.87. The van der Waals surface area contributed by atoms with E-state index in [0.717, 1.165) is 12.3 Å². The van der Waals surface area contributed by atoms with Gasteiger partial charge in [-0.15, -0.1) is 0 Å². The summed E-state index contributed by atoms with van der Waals surface area (Å²) in [5.41, 5.74) is 0. The van der Waals surface area contributed by atoms with Crippen LogP contribution in [0.1, 0.15) is 26.5 Å². The largest absolute Gasteiger partial charge is 0.467 e. The number of nitrogens with zero attached hydrogens (tertiary/aromatic N) is 1. The standard InChI is InChI=1S/C11H17NO2/c1-9(2)7-12(10(3)13)8-11-5-4-6-14-11/h4-6,9H,7-8H2,1-3H3. The Bertz CT molecular complexity index is 277. The fourth-order valence-electron chi connectivity index (χ4n) is 1.34. The van der Waals surface area contributed by atoms with Crippen molar-refractivity contribution in [3.8, 4) is 0 Å². The van der Waals surface area contributed by atoms with E-state index in [0.29, 0.717) is 12.5 Å². The lowest BCUT2D eigenvalue weighted by Crippen LogP contribution is -2.31. The molecule has 0 unspecified atom stereocenters. The first-order chi connectivity index (χ1) is 6.59.